The summed E-state index contributed by atoms with van der Waals surface area (Å²) in [7, 11) is 1.61. The van der Waals surface area contributed by atoms with Crippen molar-refractivity contribution in [1.82, 2.24) is 9.80 Å². The predicted octanol–water partition coefficient (Wildman–Crippen LogP) is 5.73. The number of benzene rings is 1. The van der Waals surface area contributed by atoms with Crippen LogP contribution in [0.2, 0.25) is 0 Å². The maximum absolute atomic E-state index is 12.6. The number of piperidine rings is 1. The summed E-state index contributed by atoms with van der Waals surface area (Å²) in [5.41, 5.74) is 0.255. The van der Waals surface area contributed by atoms with E-state index >= 15 is 0 Å². The average Bonchev–Trinajstić information content (AvgIpc) is 2.85. The number of fused-ring (bicyclic) bond motifs is 1. The first-order valence-corrected chi connectivity index (χ1v) is 13.8. The normalized spacial score (nSPS) is 18.6. The molecule has 208 valence electrons. The number of unbranched alkanes of at least 4 members (excludes halogenated alkanes) is 1. The van der Waals surface area contributed by atoms with Crippen molar-refractivity contribution in [3.63, 3.8) is 0 Å². The van der Waals surface area contributed by atoms with E-state index in [4.69, 9.17) is 18.9 Å². The van der Waals surface area contributed by atoms with Crippen molar-refractivity contribution in [3.8, 4) is 11.5 Å². The SMILES string of the molecule is CCN(CC)C(=O)CCCCC1CC2(CCN(C(=O)OC(C)(C)C)CC2)Oc2cccc(OCOC)c21. The van der Waals surface area contributed by atoms with Gasteiger partial charge >= 0.3 is 6.09 Å². The first-order valence-electron chi connectivity index (χ1n) is 13.8. The predicted molar refractivity (Wildman–Crippen MR) is 143 cm³/mol. The fraction of sp³-hybridized carbons (Fsp3) is 0.724. The Balaban J connectivity index is 1.71. The first-order chi connectivity index (χ1) is 17.6. The molecule has 0 radical (unpaired) electrons. The van der Waals surface area contributed by atoms with Crippen molar-refractivity contribution in [3.05, 3.63) is 23.8 Å². The zero-order valence-electron chi connectivity index (χ0n) is 23.6. The molecule has 0 aliphatic carbocycles. The number of carbonyl (C=O) groups is 2. The Kier molecular flexibility index (Phi) is 10.1. The van der Waals surface area contributed by atoms with Crippen molar-refractivity contribution in [2.24, 2.45) is 0 Å². The van der Waals surface area contributed by atoms with Crippen LogP contribution >= 0.6 is 0 Å². The van der Waals surface area contributed by atoms with E-state index in [0.29, 0.717) is 19.5 Å². The molecule has 1 unspecified atom stereocenters. The summed E-state index contributed by atoms with van der Waals surface area (Å²) < 4.78 is 23.4. The van der Waals surface area contributed by atoms with E-state index in [-0.39, 0.29) is 30.3 Å². The van der Waals surface area contributed by atoms with Crippen LogP contribution in [0.4, 0.5) is 4.79 Å². The molecule has 1 atom stereocenters. The van der Waals surface area contributed by atoms with E-state index in [1.165, 1.54) is 0 Å². The molecule has 1 fully saturated rings. The summed E-state index contributed by atoms with van der Waals surface area (Å²) in [6, 6.07) is 5.95. The van der Waals surface area contributed by atoms with Crippen molar-refractivity contribution in [1.29, 1.82) is 0 Å². The summed E-state index contributed by atoms with van der Waals surface area (Å²) in [6.07, 6.45) is 5.46. The Morgan fingerprint density at radius 1 is 1.14 bits per heavy atom. The van der Waals surface area contributed by atoms with Gasteiger partial charge in [0.1, 0.15) is 22.7 Å². The Hall–Kier alpha value is -2.48. The third kappa shape index (κ3) is 7.76. The van der Waals surface area contributed by atoms with Crippen molar-refractivity contribution < 1.29 is 28.5 Å². The van der Waals surface area contributed by atoms with Crippen LogP contribution in [0.25, 0.3) is 0 Å². The van der Waals surface area contributed by atoms with Gasteiger partial charge < -0.3 is 28.7 Å². The zero-order chi connectivity index (χ0) is 27.1. The lowest BCUT2D eigenvalue weighted by Crippen LogP contribution is -2.52. The summed E-state index contributed by atoms with van der Waals surface area (Å²) in [6.45, 7) is 12.6. The maximum atomic E-state index is 12.6. The minimum absolute atomic E-state index is 0.178. The van der Waals surface area contributed by atoms with Gasteiger partial charge in [-0.3, -0.25) is 4.79 Å². The minimum atomic E-state index is -0.511. The van der Waals surface area contributed by atoms with Crippen LogP contribution in [0, 0.1) is 0 Å². The van der Waals surface area contributed by atoms with Gasteiger partial charge in [0.15, 0.2) is 6.79 Å². The highest BCUT2D eigenvalue weighted by Crippen LogP contribution is 2.50. The van der Waals surface area contributed by atoms with Gasteiger partial charge in [0.25, 0.3) is 0 Å². The van der Waals surface area contributed by atoms with Gasteiger partial charge in [0, 0.05) is 58.1 Å². The molecule has 1 spiro atoms. The fourth-order valence-corrected chi connectivity index (χ4v) is 5.47. The number of amides is 2. The quantitative estimate of drug-likeness (QED) is 0.291. The number of hydrogen-bond acceptors (Lipinski definition) is 6. The smallest absolute Gasteiger partial charge is 0.410 e. The number of ether oxygens (including phenoxy) is 4. The molecular formula is C29H46N2O6. The van der Waals surface area contributed by atoms with Crippen LogP contribution in [0.1, 0.15) is 91.0 Å². The summed E-state index contributed by atoms with van der Waals surface area (Å²) in [5, 5.41) is 0. The summed E-state index contributed by atoms with van der Waals surface area (Å²) >= 11 is 0. The largest absolute Gasteiger partial charge is 0.487 e. The van der Waals surface area contributed by atoms with Crippen LogP contribution in [-0.2, 0) is 14.3 Å². The molecule has 3 rings (SSSR count). The molecular weight excluding hydrogens is 472 g/mol. The second-order valence-electron chi connectivity index (χ2n) is 11.2. The Morgan fingerprint density at radius 3 is 2.46 bits per heavy atom. The molecule has 2 aliphatic heterocycles. The number of likely N-dealkylation sites (tertiary alicyclic amines) is 1. The highest BCUT2D eigenvalue weighted by molar-refractivity contribution is 5.76. The lowest BCUT2D eigenvalue weighted by atomic mass is 9.75. The van der Waals surface area contributed by atoms with Crippen molar-refractivity contribution >= 4 is 12.0 Å². The highest BCUT2D eigenvalue weighted by Gasteiger charge is 2.45. The molecule has 0 bridgehead atoms. The molecule has 1 saturated heterocycles. The Morgan fingerprint density at radius 2 is 1.84 bits per heavy atom. The number of carbonyl (C=O) groups excluding carboxylic acids is 2. The standard InChI is InChI=1S/C29H46N2O6/c1-7-30(8-2)25(32)15-10-9-12-22-20-29(16-18-31(19-17-29)27(33)37-28(3,4)5)36-24-14-11-13-23(26(22)24)35-21-34-6/h11,13-14,22H,7-10,12,15-21H2,1-6H3. The molecule has 37 heavy (non-hydrogen) atoms. The summed E-state index contributed by atoms with van der Waals surface area (Å²) in [4.78, 5) is 28.8. The molecule has 2 aliphatic rings. The van der Waals surface area contributed by atoms with E-state index in [1.807, 2.05) is 57.7 Å². The van der Waals surface area contributed by atoms with Crippen molar-refractivity contribution in [2.45, 2.75) is 96.7 Å². The van der Waals surface area contributed by atoms with Gasteiger partial charge in [0.05, 0.1) is 0 Å². The molecule has 1 aromatic rings. The second-order valence-corrected chi connectivity index (χ2v) is 11.2. The topological polar surface area (TPSA) is 77.5 Å². The van der Waals surface area contributed by atoms with Crippen LogP contribution in [0.5, 0.6) is 11.5 Å². The molecule has 0 saturated carbocycles. The Labute approximate surface area is 222 Å². The van der Waals surface area contributed by atoms with Crippen molar-refractivity contribution in [2.75, 3.05) is 40.1 Å². The van der Waals surface area contributed by atoms with E-state index in [9.17, 15) is 9.59 Å². The number of nitrogens with zero attached hydrogens (tertiary/aromatic N) is 2. The van der Waals surface area contributed by atoms with E-state index < -0.39 is 5.60 Å². The van der Waals surface area contributed by atoms with Gasteiger partial charge in [-0.05, 0) is 71.9 Å². The Bertz CT molecular complexity index is 900. The second kappa shape index (κ2) is 12.9. The summed E-state index contributed by atoms with van der Waals surface area (Å²) in [5.74, 6) is 2.13. The molecule has 1 aromatic carbocycles. The van der Waals surface area contributed by atoms with Crippen LogP contribution in [-0.4, -0.2) is 73.1 Å². The monoisotopic (exact) mass is 518 g/mol. The number of rotatable bonds is 10. The molecule has 0 aromatic heterocycles. The van der Waals surface area contributed by atoms with E-state index in [0.717, 1.165) is 68.7 Å². The number of methoxy groups -OCH3 is 1. The minimum Gasteiger partial charge on any atom is -0.487 e. The van der Waals surface area contributed by atoms with E-state index in [2.05, 4.69) is 0 Å². The van der Waals surface area contributed by atoms with Crippen LogP contribution in [0.3, 0.4) is 0 Å². The molecule has 8 heteroatoms. The van der Waals surface area contributed by atoms with Gasteiger partial charge in [0.2, 0.25) is 5.91 Å². The third-order valence-electron chi connectivity index (χ3n) is 7.35. The fourth-order valence-electron chi connectivity index (χ4n) is 5.47. The molecule has 2 amide bonds. The third-order valence-corrected chi connectivity index (χ3v) is 7.35. The van der Waals surface area contributed by atoms with Gasteiger partial charge in [-0.1, -0.05) is 12.5 Å². The highest BCUT2D eigenvalue weighted by atomic mass is 16.7. The average molecular weight is 519 g/mol. The zero-order valence-corrected chi connectivity index (χ0v) is 23.6. The molecule has 8 nitrogen and oxygen atoms in total. The van der Waals surface area contributed by atoms with Crippen LogP contribution < -0.4 is 9.47 Å². The molecule has 0 N–H and O–H groups in total. The lowest BCUT2D eigenvalue weighted by Gasteiger charge is -2.47. The maximum Gasteiger partial charge on any atom is 0.410 e. The molecule has 2 heterocycles. The first kappa shape index (κ1) is 29.1. The van der Waals surface area contributed by atoms with E-state index in [1.54, 1.807) is 12.0 Å². The lowest BCUT2D eigenvalue weighted by molar-refractivity contribution is -0.130. The van der Waals surface area contributed by atoms with Gasteiger partial charge in [-0.15, -0.1) is 0 Å². The van der Waals surface area contributed by atoms with Gasteiger partial charge in [-0.2, -0.15) is 0 Å². The van der Waals surface area contributed by atoms with Gasteiger partial charge in [-0.25, -0.2) is 4.79 Å². The number of hydrogen-bond donors (Lipinski definition) is 0. The van der Waals surface area contributed by atoms with Crippen LogP contribution in [0.15, 0.2) is 18.2 Å².